The molecule has 2 nitrogen and oxygen atoms in total. The highest BCUT2D eigenvalue weighted by atomic mass is 16.3. The fraction of sp³-hybridized carbons (Fsp3) is 0. The van der Waals surface area contributed by atoms with Gasteiger partial charge in [-0.2, -0.15) is 0 Å². The van der Waals surface area contributed by atoms with Crippen LogP contribution in [0, 0.1) is 0 Å². The normalized spacial score (nSPS) is 12.0. The van der Waals surface area contributed by atoms with E-state index >= 15 is 0 Å². The molecule has 0 atom stereocenters. The molecule has 0 amide bonds. The molecule has 2 heterocycles. The standard InChI is InChI=1S/C48H28O2/c1-2-10-32-26-33(18-16-29(32)8-1)34-21-22-39-42(27-34)45(35-19-17-31-24-25-49-44(31)28-35)37-12-5-6-13-38(37)46(39)40-14-7-15-43-47(40)41-23-20-30-9-3-4-11-36(30)48(41)50-43/h1-28H. The molecule has 0 N–H and O–H groups in total. The van der Waals surface area contributed by atoms with Crippen molar-refractivity contribution in [1.29, 1.82) is 0 Å². The Balaban J connectivity index is 1.28. The molecule has 11 aromatic rings. The van der Waals surface area contributed by atoms with Crippen molar-refractivity contribution < 1.29 is 8.83 Å². The zero-order valence-corrected chi connectivity index (χ0v) is 27.0. The zero-order valence-electron chi connectivity index (χ0n) is 27.0. The van der Waals surface area contributed by atoms with Crippen LogP contribution in [-0.4, -0.2) is 0 Å². The SMILES string of the molecule is c1ccc2cc(-c3ccc4c(-c5cccc6oc7c8ccccc8ccc7c56)c5ccccc5c(-c5ccc6ccoc6c5)c4c3)ccc2c1. The van der Waals surface area contributed by atoms with Crippen LogP contribution >= 0.6 is 0 Å². The summed E-state index contributed by atoms with van der Waals surface area (Å²) in [4.78, 5) is 0. The summed E-state index contributed by atoms with van der Waals surface area (Å²) in [6, 6.07) is 59.2. The molecule has 2 aromatic heterocycles. The highest BCUT2D eigenvalue weighted by Crippen LogP contribution is 2.48. The molecule has 9 aromatic carbocycles. The van der Waals surface area contributed by atoms with Crippen molar-refractivity contribution in [1.82, 2.24) is 0 Å². The average molecular weight is 637 g/mol. The Bertz CT molecular complexity index is 3160. The van der Waals surface area contributed by atoms with Crippen molar-refractivity contribution in [3.63, 3.8) is 0 Å². The van der Waals surface area contributed by atoms with Gasteiger partial charge in [-0.05, 0) is 107 Å². The van der Waals surface area contributed by atoms with Gasteiger partial charge in [0.15, 0.2) is 0 Å². The van der Waals surface area contributed by atoms with E-state index in [1.807, 2.05) is 6.07 Å². The van der Waals surface area contributed by atoms with E-state index in [-0.39, 0.29) is 0 Å². The van der Waals surface area contributed by atoms with E-state index < -0.39 is 0 Å². The molecule has 0 aliphatic carbocycles. The Morgan fingerprint density at radius 1 is 0.340 bits per heavy atom. The summed E-state index contributed by atoms with van der Waals surface area (Å²) in [5.41, 5.74) is 9.81. The summed E-state index contributed by atoms with van der Waals surface area (Å²) >= 11 is 0. The Kier molecular flexibility index (Phi) is 5.70. The minimum atomic E-state index is 0.886. The van der Waals surface area contributed by atoms with E-state index in [0.717, 1.165) is 43.9 Å². The van der Waals surface area contributed by atoms with Gasteiger partial charge in [0.1, 0.15) is 16.7 Å². The van der Waals surface area contributed by atoms with Gasteiger partial charge in [-0.15, -0.1) is 0 Å². The molecule has 50 heavy (non-hydrogen) atoms. The summed E-state index contributed by atoms with van der Waals surface area (Å²) in [6.07, 6.45) is 1.77. The lowest BCUT2D eigenvalue weighted by molar-refractivity contribution is 0.616. The van der Waals surface area contributed by atoms with Crippen molar-refractivity contribution in [3.05, 3.63) is 170 Å². The quantitative estimate of drug-likeness (QED) is 0.180. The largest absolute Gasteiger partial charge is 0.464 e. The lowest BCUT2D eigenvalue weighted by atomic mass is 9.83. The van der Waals surface area contributed by atoms with Gasteiger partial charge in [-0.3, -0.25) is 0 Å². The van der Waals surface area contributed by atoms with Crippen LogP contribution in [-0.2, 0) is 0 Å². The van der Waals surface area contributed by atoms with Gasteiger partial charge in [-0.1, -0.05) is 127 Å². The number of hydrogen-bond donors (Lipinski definition) is 0. The van der Waals surface area contributed by atoms with E-state index in [1.54, 1.807) is 6.26 Å². The van der Waals surface area contributed by atoms with Gasteiger partial charge >= 0.3 is 0 Å². The molecule has 0 saturated carbocycles. The third kappa shape index (κ3) is 3.96. The van der Waals surface area contributed by atoms with Crippen molar-refractivity contribution in [2.45, 2.75) is 0 Å². The topological polar surface area (TPSA) is 26.3 Å². The first kappa shape index (κ1) is 27.3. The first-order valence-corrected chi connectivity index (χ1v) is 17.1. The highest BCUT2D eigenvalue weighted by molar-refractivity contribution is 6.27. The van der Waals surface area contributed by atoms with E-state index in [1.165, 1.54) is 65.5 Å². The van der Waals surface area contributed by atoms with Crippen LogP contribution < -0.4 is 0 Å². The van der Waals surface area contributed by atoms with Gasteiger partial charge in [0.05, 0.1) is 6.26 Å². The van der Waals surface area contributed by atoms with Crippen molar-refractivity contribution in [2.75, 3.05) is 0 Å². The van der Waals surface area contributed by atoms with Crippen molar-refractivity contribution in [2.24, 2.45) is 0 Å². The third-order valence-electron chi connectivity index (χ3n) is 10.5. The van der Waals surface area contributed by atoms with E-state index in [9.17, 15) is 0 Å². The molecule has 0 fully saturated rings. The molecule has 232 valence electrons. The fourth-order valence-electron chi connectivity index (χ4n) is 8.20. The third-order valence-corrected chi connectivity index (χ3v) is 10.5. The Morgan fingerprint density at radius 3 is 1.90 bits per heavy atom. The Morgan fingerprint density at radius 2 is 1.00 bits per heavy atom. The van der Waals surface area contributed by atoms with Crippen LogP contribution in [0.1, 0.15) is 0 Å². The molecule has 11 rings (SSSR count). The van der Waals surface area contributed by atoms with Crippen molar-refractivity contribution in [3.8, 4) is 33.4 Å². The molecule has 0 radical (unpaired) electrons. The van der Waals surface area contributed by atoms with Gasteiger partial charge in [0.2, 0.25) is 0 Å². The molecule has 2 heteroatoms. The van der Waals surface area contributed by atoms with E-state index in [4.69, 9.17) is 8.83 Å². The second-order valence-electron chi connectivity index (χ2n) is 13.2. The number of rotatable bonds is 3. The molecule has 0 saturated heterocycles. The maximum atomic E-state index is 6.68. The van der Waals surface area contributed by atoms with Crippen LogP contribution in [0.25, 0.3) is 109 Å². The second kappa shape index (κ2) is 10.4. The summed E-state index contributed by atoms with van der Waals surface area (Å²) in [5, 5.41) is 13.0. The molecule has 0 aliphatic heterocycles. The second-order valence-corrected chi connectivity index (χ2v) is 13.2. The molecule has 0 aliphatic rings. The highest BCUT2D eigenvalue weighted by Gasteiger charge is 2.22. The predicted molar refractivity (Wildman–Crippen MR) is 210 cm³/mol. The van der Waals surface area contributed by atoms with Gasteiger partial charge in [0, 0.05) is 21.5 Å². The summed E-state index contributed by atoms with van der Waals surface area (Å²) in [7, 11) is 0. The molecular weight excluding hydrogens is 609 g/mol. The van der Waals surface area contributed by atoms with Crippen LogP contribution in [0.4, 0.5) is 0 Å². The van der Waals surface area contributed by atoms with Gasteiger partial charge in [-0.25, -0.2) is 0 Å². The number of fused-ring (bicyclic) bond motifs is 9. The Hall–Kier alpha value is -6.64. The van der Waals surface area contributed by atoms with Crippen LogP contribution in [0.15, 0.2) is 179 Å². The van der Waals surface area contributed by atoms with E-state index in [0.29, 0.717) is 0 Å². The Labute approximate surface area is 287 Å². The molecule has 0 bridgehead atoms. The summed E-state index contributed by atoms with van der Waals surface area (Å²) in [5.74, 6) is 0. The number of benzene rings is 9. The van der Waals surface area contributed by atoms with Crippen LogP contribution in [0.2, 0.25) is 0 Å². The first-order valence-electron chi connectivity index (χ1n) is 17.1. The average Bonchev–Trinajstić information content (AvgIpc) is 3.81. The van der Waals surface area contributed by atoms with Crippen molar-refractivity contribution >= 4 is 76.0 Å². The summed E-state index contributed by atoms with van der Waals surface area (Å²) in [6.45, 7) is 0. The first-order chi connectivity index (χ1) is 24.8. The van der Waals surface area contributed by atoms with Crippen LogP contribution in [0.3, 0.4) is 0 Å². The summed E-state index contributed by atoms with van der Waals surface area (Å²) < 4.78 is 12.6. The lowest BCUT2D eigenvalue weighted by Gasteiger charge is -2.19. The lowest BCUT2D eigenvalue weighted by Crippen LogP contribution is -1.92. The van der Waals surface area contributed by atoms with E-state index in [2.05, 4.69) is 158 Å². The zero-order chi connectivity index (χ0) is 32.8. The van der Waals surface area contributed by atoms with Crippen LogP contribution in [0.5, 0.6) is 0 Å². The monoisotopic (exact) mass is 636 g/mol. The number of hydrogen-bond acceptors (Lipinski definition) is 2. The minimum Gasteiger partial charge on any atom is -0.464 e. The fourth-order valence-corrected chi connectivity index (χ4v) is 8.20. The minimum absolute atomic E-state index is 0.886. The smallest absolute Gasteiger partial charge is 0.143 e. The maximum absolute atomic E-state index is 6.68. The van der Waals surface area contributed by atoms with Gasteiger partial charge < -0.3 is 8.83 Å². The molecule has 0 unspecified atom stereocenters. The molecule has 0 spiro atoms. The maximum Gasteiger partial charge on any atom is 0.143 e. The molecular formula is C48H28O2. The predicted octanol–water partition coefficient (Wildman–Crippen LogP) is 13.9. The van der Waals surface area contributed by atoms with Gasteiger partial charge in [0.25, 0.3) is 0 Å². The number of furan rings is 2.